The monoisotopic (exact) mass is 466 g/mol. The van der Waals surface area contributed by atoms with E-state index in [2.05, 4.69) is 0 Å². The van der Waals surface area contributed by atoms with Crippen molar-refractivity contribution < 1.29 is 32.3 Å². The van der Waals surface area contributed by atoms with E-state index >= 15 is 0 Å². The Morgan fingerprint density at radius 2 is 1.36 bits per heavy atom. The minimum atomic E-state index is -4.65. The number of rotatable bonds is 1. The van der Waals surface area contributed by atoms with Crippen LogP contribution >= 0.6 is 0 Å². The molecule has 0 radical (unpaired) electrons. The van der Waals surface area contributed by atoms with Crippen LogP contribution < -0.4 is 16.0 Å². The van der Waals surface area contributed by atoms with Crippen LogP contribution in [0.15, 0.2) is 33.9 Å². The summed E-state index contributed by atoms with van der Waals surface area (Å²) < 4.78 is 46.7. The van der Waals surface area contributed by atoms with Crippen LogP contribution in [-0.4, -0.2) is 56.5 Å². The molecule has 0 N–H and O–H groups in total. The third-order valence-corrected chi connectivity index (χ3v) is 5.99. The molecule has 13 heteroatoms. The van der Waals surface area contributed by atoms with E-state index in [9.17, 15) is 37.1 Å². The van der Waals surface area contributed by atoms with Gasteiger partial charge in [0.05, 0.1) is 17.0 Å². The number of amides is 4. The minimum absolute atomic E-state index is 0.0182. The first-order valence-electron chi connectivity index (χ1n) is 9.51. The molecule has 2 aliphatic rings. The van der Waals surface area contributed by atoms with Crippen LogP contribution in [0.25, 0.3) is 0 Å². The highest BCUT2D eigenvalue weighted by atomic mass is 19.4. The van der Waals surface area contributed by atoms with E-state index in [0.29, 0.717) is 9.80 Å². The van der Waals surface area contributed by atoms with Gasteiger partial charge in [-0.15, -0.1) is 0 Å². The molecule has 1 aromatic carbocycles. The van der Waals surface area contributed by atoms with Crippen LogP contribution in [0.1, 0.15) is 22.6 Å². The normalized spacial score (nSPS) is 19.8. The largest absolute Gasteiger partial charge is 0.450 e. The number of nitrogens with zero attached hydrogens (tertiary/aromatic N) is 4. The van der Waals surface area contributed by atoms with E-state index in [0.717, 1.165) is 47.5 Å². The Kier molecular flexibility index (Phi) is 4.59. The van der Waals surface area contributed by atoms with Crippen molar-refractivity contribution in [1.29, 1.82) is 0 Å². The van der Waals surface area contributed by atoms with Crippen LogP contribution in [0.4, 0.5) is 18.0 Å². The first kappa shape index (κ1) is 22.3. The fourth-order valence-corrected chi connectivity index (χ4v) is 4.23. The molecule has 1 saturated heterocycles. The zero-order chi connectivity index (χ0) is 24.6. The van der Waals surface area contributed by atoms with E-state index in [1.807, 2.05) is 0 Å². The Morgan fingerprint density at radius 3 is 1.85 bits per heavy atom. The lowest BCUT2D eigenvalue weighted by Gasteiger charge is -2.41. The molecule has 4 rings (SSSR count). The summed E-state index contributed by atoms with van der Waals surface area (Å²) >= 11 is 0. The SMILES string of the molecule is CN1C(=O)N(C)C(=O)C2(Oc3c(c(=O)n(C)c(=O)n3C)C2c2ccc(C(F)(F)F)cc2)C1=O. The third-order valence-electron chi connectivity index (χ3n) is 5.99. The maximum atomic E-state index is 13.3. The number of fused-ring (bicyclic) bond motifs is 1. The Labute approximate surface area is 183 Å². The Bertz CT molecular complexity index is 1320. The van der Waals surface area contributed by atoms with Gasteiger partial charge in [-0.2, -0.15) is 13.2 Å². The number of aromatic nitrogens is 2. The van der Waals surface area contributed by atoms with Gasteiger partial charge < -0.3 is 4.74 Å². The highest BCUT2D eigenvalue weighted by Crippen LogP contribution is 2.49. The van der Waals surface area contributed by atoms with E-state index < -0.39 is 52.4 Å². The first-order valence-corrected chi connectivity index (χ1v) is 9.51. The van der Waals surface area contributed by atoms with Gasteiger partial charge in [0.15, 0.2) is 0 Å². The number of hydrogen-bond donors (Lipinski definition) is 0. The predicted molar refractivity (Wildman–Crippen MR) is 105 cm³/mol. The summed E-state index contributed by atoms with van der Waals surface area (Å²) in [6.45, 7) is 0. The molecule has 174 valence electrons. The molecular formula is C20H17F3N4O6. The molecule has 33 heavy (non-hydrogen) atoms. The van der Waals surface area contributed by atoms with Gasteiger partial charge in [-0.3, -0.25) is 33.3 Å². The quantitative estimate of drug-likeness (QED) is 0.564. The number of carbonyl (C=O) groups is 3. The number of likely N-dealkylation sites (N-methyl/N-ethyl adjacent to an activating group) is 2. The lowest BCUT2D eigenvalue weighted by atomic mass is 9.76. The van der Waals surface area contributed by atoms with Gasteiger partial charge in [0.2, 0.25) is 5.88 Å². The summed E-state index contributed by atoms with van der Waals surface area (Å²) in [5.41, 5.74) is -5.49. The van der Waals surface area contributed by atoms with Gasteiger partial charge in [0, 0.05) is 28.2 Å². The first-order chi connectivity index (χ1) is 15.2. The van der Waals surface area contributed by atoms with Crippen LogP contribution in [0.3, 0.4) is 0 Å². The molecule has 1 spiro atoms. The van der Waals surface area contributed by atoms with Crippen molar-refractivity contribution in [2.45, 2.75) is 17.7 Å². The van der Waals surface area contributed by atoms with Crippen molar-refractivity contribution in [3.8, 4) is 5.88 Å². The summed E-state index contributed by atoms with van der Waals surface area (Å²) in [6.07, 6.45) is -4.65. The molecule has 0 saturated carbocycles. The van der Waals surface area contributed by atoms with E-state index in [4.69, 9.17) is 4.74 Å². The van der Waals surface area contributed by atoms with Gasteiger partial charge in [-0.05, 0) is 17.7 Å². The second kappa shape index (κ2) is 6.80. The van der Waals surface area contributed by atoms with Crippen molar-refractivity contribution in [1.82, 2.24) is 18.9 Å². The number of barbiturate groups is 1. The lowest BCUT2D eigenvalue weighted by Crippen LogP contribution is -2.70. The van der Waals surface area contributed by atoms with Crippen LogP contribution in [0.5, 0.6) is 5.88 Å². The third kappa shape index (κ3) is 2.77. The second-order valence-electron chi connectivity index (χ2n) is 7.83. The number of ether oxygens (including phenoxy) is 1. The van der Waals surface area contributed by atoms with Crippen LogP contribution in [0, 0.1) is 0 Å². The maximum Gasteiger partial charge on any atom is 0.416 e. The Hall–Kier alpha value is -3.90. The average Bonchev–Trinajstić information content (AvgIpc) is 3.14. The molecule has 4 amide bonds. The maximum absolute atomic E-state index is 13.3. The number of benzene rings is 1. The van der Waals surface area contributed by atoms with Gasteiger partial charge in [-0.1, -0.05) is 12.1 Å². The topological polar surface area (TPSA) is 111 Å². The van der Waals surface area contributed by atoms with Crippen molar-refractivity contribution in [3.63, 3.8) is 0 Å². The second-order valence-corrected chi connectivity index (χ2v) is 7.83. The number of alkyl halides is 3. The number of imide groups is 2. The minimum Gasteiger partial charge on any atom is -0.450 e. The number of carbonyl (C=O) groups excluding carboxylic acids is 3. The molecule has 0 bridgehead atoms. The van der Waals surface area contributed by atoms with Crippen molar-refractivity contribution >= 4 is 17.8 Å². The molecule has 1 unspecified atom stereocenters. The Morgan fingerprint density at radius 1 is 0.848 bits per heavy atom. The summed E-state index contributed by atoms with van der Waals surface area (Å²) in [5.74, 6) is -4.15. The predicted octanol–water partition coefficient (Wildman–Crippen LogP) is 0.416. The summed E-state index contributed by atoms with van der Waals surface area (Å²) in [4.78, 5) is 65.8. The van der Waals surface area contributed by atoms with Gasteiger partial charge in [-0.25, -0.2) is 9.59 Å². The number of urea groups is 1. The van der Waals surface area contributed by atoms with E-state index in [1.54, 1.807) is 0 Å². The Balaban J connectivity index is 2.07. The molecule has 2 aliphatic heterocycles. The molecule has 1 fully saturated rings. The average molecular weight is 466 g/mol. The molecule has 3 heterocycles. The number of halogens is 3. The van der Waals surface area contributed by atoms with Gasteiger partial charge in [0.1, 0.15) is 0 Å². The smallest absolute Gasteiger partial charge is 0.416 e. The summed E-state index contributed by atoms with van der Waals surface area (Å²) in [7, 11) is 4.62. The molecule has 0 aliphatic carbocycles. The summed E-state index contributed by atoms with van der Waals surface area (Å²) in [5, 5.41) is 0. The number of hydrogen-bond acceptors (Lipinski definition) is 6. The van der Waals surface area contributed by atoms with Gasteiger partial charge in [0.25, 0.3) is 23.0 Å². The van der Waals surface area contributed by atoms with Crippen molar-refractivity contribution in [2.75, 3.05) is 14.1 Å². The van der Waals surface area contributed by atoms with E-state index in [1.165, 1.54) is 14.1 Å². The molecule has 1 aromatic heterocycles. The fraction of sp³-hybridized carbons (Fsp3) is 0.350. The lowest BCUT2D eigenvalue weighted by molar-refractivity contribution is -0.164. The van der Waals surface area contributed by atoms with Crippen molar-refractivity contribution in [3.05, 3.63) is 61.8 Å². The highest BCUT2D eigenvalue weighted by Gasteiger charge is 2.68. The molecule has 2 aromatic rings. The van der Waals surface area contributed by atoms with Crippen molar-refractivity contribution in [2.24, 2.45) is 14.1 Å². The standard InChI is InChI=1S/C20H17F3N4O6/c1-24-13(28)11-12(9-5-7-10(8-6-9)20(21,22)23)19(33-14(11)25(2)17(24)31)15(29)26(3)18(32)27(4)16(19)30/h5-8,12H,1-4H3. The zero-order valence-corrected chi connectivity index (χ0v) is 17.8. The molecule has 10 nitrogen and oxygen atoms in total. The van der Waals surface area contributed by atoms with Gasteiger partial charge >= 0.3 is 17.9 Å². The molecular weight excluding hydrogens is 449 g/mol. The van der Waals surface area contributed by atoms with Crippen LogP contribution in [0.2, 0.25) is 0 Å². The molecule has 1 atom stereocenters. The zero-order valence-electron chi connectivity index (χ0n) is 17.8. The van der Waals surface area contributed by atoms with E-state index in [-0.39, 0.29) is 17.0 Å². The van der Waals surface area contributed by atoms with Crippen LogP contribution in [-0.2, 0) is 29.9 Å². The highest BCUT2D eigenvalue weighted by molar-refractivity contribution is 6.22. The summed E-state index contributed by atoms with van der Waals surface area (Å²) in [6, 6.07) is 2.57. The fourth-order valence-electron chi connectivity index (χ4n) is 4.23.